The second kappa shape index (κ2) is 15.2. The van der Waals surface area contributed by atoms with Gasteiger partial charge in [-0.25, -0.2) is 15.0 Å². The summed E-state index contributed by atoms with van der Waals surface area (Å²) < 4.78 is 10.6. The van der Waals surface area contributed by atoms with E-state index in [4.69, 9.17) is 97.8 Å². The van der Waals surface area contributed by atoms with Crippen molar-refractivity contribution in [2.75, 3.05) is 0 Å². The molecular formula is C51H21B10N5O. The van der Waals surface area contributed by atoms with E-state index in [0.717, 1.165) is 22.1 Å². The van der Waals surface area contributed by atoms with Crippen LogP contribution >= 0.6 is 0 Å². The first kappa shape index (κ1) is 41.3. The molecule has 0 aliphatic carbocycles. The van der Waals surface area contributed by atoms with Crippen molar-refractivity contribution in [3.05, 3.63) is 127 Å². The van der Waals surface area contributed by atoms with Crippen LogP contribution in [0.2, 0.25) is 0 Å². The molecule has 0 spiro atoms. The molecule has 6 nitrogen and oxygen atoms in total. The topological polar surface area (TPSA) is 61.7 Å². The molecule has 12 aromatic rings. The monoisotopic (exact) mass is 829 g/mol. The zero-order valence-corrected chi connectivity index (χ0v) is 35.5. The highest BCUT2D eigenvalue weighted by atomic mass is 16.3. The van der Waals surface area contributed by atoms with Crippen LogP contribution < -0.4 is 54.6 Å². The number of fused-ring (bicyclic) bond motifs is 10. The quantitative estimate of drug-likeness (QED) is 0.243. The smallest absolute Gasteiger partial charge is 0.164 e. The molecule has 4 heterocycles. The van der Waals surface area contributed by atoms with Crippen LogP contribution in [0.3, 0.4) is 0 Å². The van der Waals surface area contributed by atoms with E-state index < -0.39 is 0 Å². The zero-order chi connectivity index (χ0) is 46.2. The molecule has 4 aromatic heterocycles. The van der Waals surface area contributed by atoms with Crippen LogP contribution in [0.15, 0.2) is 132 Å². The molecule has 286 valence electrons. The number of hydrogen-bond donors (Lipinski definition) is 0. The summed E-state index contributed by atoms with van der Waals surface area (Å²) in [4.78, 5) is 14.9. The van der Waals surface area contributed by atoms with Gasteiger partial charge < -0.3 is 13.6 Å². The predicted octanol–water partition coefficient (Wildman–Crippen LogP) is 0.904. The van der Waals surface area contributed by atoms with Gasteiger partial charge in [0.05, 0.1) is 22.1 Å². The fraction of sp³-hybridized carbons (Fsp3) is 0. The maximum Gasteiger partial charge on any atom is 0.164 e. The summed E-state index contributed by atoms with van der Waals surface area (Å²) in [6.07, 6.45) is 0. The van der Waals surface area contributed by atoms with Gasteiger partial charge in [0.1, 0.15) is 89.6 Å². The van der Waals surface area contributed by atoms with Crippen molar-refractivity contribution in [1.29, 1.82) is 0 Å². The van der Waals surface area contributed by atoms with E-state index in [1.807, 2.05) is 137 Å². The molecule has 0 atom stereocenters. The third-order valence-corrected chi connectivity index (χ3v) is 12.9. The maximum atomic E-state index is 7.24. The fourth-order valence-electron chi connectivity index (χ4n) is 9.67. The Kier molecular flexibility index (Phi) is 9.35. The highest BCUT2D eigenvalue weighted by molar-refractivity contribution is 6.71. The number of furan rings is 1. The molecule has 0 saturated carbocycles. The Morgan fingerprint density at radius 2 is 0.761 bits per heavy atom. The normalized spacial score (nSPS) is 11.9. The zero-order valence-electron chi connectivity index (χ0n) is 35.5. The lowest BCUT2D eigenvalue weighted by Crippen LogP contribution is -2.48. The number of nitrogens with zero attached hydrogens (tertiary/aromatic N) is 5. The molecule has 0 fully saturated rings. The first-order valence-electron chi connectivity index (χ1n) is 21.2. The SMILES string of the molecule is [B]c1c([B])c([B])c2c(c1[B])c1c([B])c([B])c3c4c([B])c([B])c([B])c([B])c4n(-c4cccc5oc6ccc(-c7nc(-c8ccccc8)nc(-c8ccccc8)n7)cc6c45)c3c1n2-c1ccccc1. The Bertz CT molecular complexity index is 4040. The minimum absolute atomic E-state index is 0.0958. The van der Waals surface area contributed by atoms with Crippen molar-refractivity contribution in [1.82, 2.24) is 24.1 Å². The molecule has 0 unspecified atom stereocenters. The Balaban J connectivity index is 1.26. The van der Waals surface area contributed by atoms with E-state index >= 15 is 0 Å². The van der Waals surface area contributed by atoms with Crippen LogP contribution in [-0.4, -0.2) is 103 Å². The second-order valence-electron chi connectivity index (χ2n) is 16.5. The number of rotatable bonds is 5. The summed E-state index contributed by atoms with van der Waals surface area (Å²) >= 11 is 0. The highest BCUT2D eigenvalue weighted by Crippen LogP contribution is 2.42. The van der Waals surface area contributed by atoms with Crippen molar-refractivity contribution >= 4 is 199 Å². The lowest BCUT2D eigenvalue weighted by molar-refractivity contribution is 0.669. The number of para-hydroxylation sites is 1. The summed E-state index contributed by atoms with van der Waals surface area (Å²) in [5, 5.41) is 3.30. The molecule has 0 aliphatic heterocycles. The van der Waals surface area contributed by atoms with E-state index in [0.29, 0.717) is 89.0 Å². The van der Waals surface area contributed by atoms with E-state index in [-0.39, 0.29) is 54.6 Å². The van der Waals surface area contributed by atoms with Gasteiger partial charge in [-0.2, -0.15) is 0 Å². The first-order valence-corrected chi connectivity index (χ1v) is 21.2. The Labute approximate surface area is 398 Å². The van der Waals surface area contributed by atoms with Crippen LogP contribution in [0, 0.1) is 0 Å². The summed E-state index contributed by atoms with van der Waals surface area (Å²) in [5.74, 6) is 1.51. The summed E-state index contributed by atoms with van der Waals surface area (Å²) in [6.45, 7) is 0. The molecule has 67 heavy (non-hydrogen) atoms. The fourth-order valence-corrected chi connectivity index (χ4v) is 9.67. The lowest BCUT2D eigenvalue weighted by Gasteiger charge is -2.18. The molecular weight excluding hydrogens is 807 g/mol. The van der Waals surface area contributed by atoms with E-state index in [1.54, 1.807) is 0 Å². The predicted molar refractivity (Wildman–Crippen MR) is 286 cm³/mol. The van der Waals surface area contributed by atoms with Gasteiger partial charge in [0.2, 0.25) is 0 Å². The van der Waals surface area contributed by atoms with Crippen molar-refractivity contribution < 1.29 is 4.42 Å². The number of hydrogen-bond acceptors (Lipinski definition) is 4. The van der Waals surface area contributed by atoms with Gasteiger partial charge in [-0.3, -0.25) is 0 Å². The molecule has 8 aromatic carbocycles. The van der Waals surface area contributed by atoms with Gasteiger partial charge in [0.25, 0.3) is 0 Å². The number of aromatic nitrogens is 5. The van der Waals surface area contributed by atoms with Crippen LogP contribution in [0.4, 0.5) is 0 Å². The van der Waals surface area contributed by atoms with Gasteiger partial charge in [-0.15, -0.1) is 21.9 Å². The maximum absolute atomic E-state index is 7.24. The standard InChI is InChI=1S/C51H21B10N5O/c52-35-33-31-37(54)39(56)41(58)43(60)45(31)65(25-15-8-3-9-16-25)47(33)48-34(36(35)53)32-38(55)40(57)42(59)44(61)46(32)66(48)27-17-10-18-29-30(27)26-21-24(19-20-28(26)67-29)51-63-49(22-11-4-1-5-12-22)62-50(64-51)23-13-6-2-7-14-23/h1-21H. The van der Waals surface area contributed by atoms with Crippen LogP contribution in [0.25, 0.3) is 111 Å². The summed E-state index contributed by atoms with van der Waals surface area (Å²) in [7, 11) is 69.0. The molecule has 0 aliphatic rings. The van der Waals surface area contributed by atoms with Crippen molar-refractivity contribution in [3.63, 3.8) is 0 Å². The van der Waals surface area contributed by atoms with Gasteiger partial charge in [-0.05, 0) is 53.2 Å². The minimum Gasteiger partial charge on any atom is -0.456 e. The van der Waals surface area contributed by atoms with Crippen molar-refractivity contribution in [3.8, 4) is 45.5 Å². The third-order valence-electron chi connectivity index (χ3n) is 12.9. The van der Waals surface area contributed by atoms with Crippen molar-refractivity contribution in [2.45, 2.75) is 0 Å². The largest absolute Gasteiger partial charge is 0.456 e. The highest BCUT2D eigenvalue weighted by Gasteiger charge is 2.29. The molecule has 16 heteroatoms. The third kappa shape index (κ3) is 5.87. The average molecular weight is 828 g/mol. The number of benzene rings is 8. The second-order valence-corrected chi connectivity index (χ2v) is 16.5. The van der Waals surface area contributed by atoms with Gasteiger partial charge in [0, 0.05) is 49.6 Å². The van der Waals surface area contributed by atoms with Gasteiger partial charge in [0.15, 0.2) is 17.5 Å². The Morgan fingerprint density at radius 1 is 0.328 bits per heavy atom. The molecule has 0 saturated heterocycles. The van der Waals surface area contributed by atoms with E-state index in [1.165, 1.54) is 0 Å². The molecule has 0 bridgehead atoms. The van der Waals surface area contributed by atoms with Crippen LogP contribution in [0.5, 0.6) is 0 Å². The summed E-state index contributed by atoms with van der Waals surface area (Å²) in [5.41, 5.74) is 8.41. The molecule has 12 rings (SSSR count). The Hall–Kier alpha value is -7.18. The van der Waals surface area contributed by atoms with E-state index in [9.17, 15) is 0 Å². The lowest BCUT2D eigenvalue weighted by atomic mass is 9.64. The minimum atomic E-state index is 0.0958. The molecule has 0 N–H and O–H groups in total. The van der Waals surface area contributed by atoms with Crippen molar-refractivity contribution in [2.24, 2.45) is 0 Å². The molecule has 0 amide bonds. The average Bonchev–Trinajstić information content (AvgIpc) is 4.05. The molecule has 20 radical (unpaired) electrons. The van der Waals surface area contributed by atoms with Gasteiger partial charge in [-0.1, -0.05) is 118 Å². The Morgan fingerprint density at radius 3 is 1.30 bits per heavy atom. The van der Waals surface area contributed by atoms with Crippen LogP contribution in [0.1, 0.15) is 0 Å². The van der Waals surface area contributed by atoms with Crippen LogP contribution in [-0.2, 0) is 0 Å². The summed E-state index contributed by atoms with van der Waals surface area (Å²) in [6, 6.07) is 40.8. The van der Waals surface area contributed by atoms with E-state index in [2.05, 4.69) is 0 Å². The first-order chi connectivity index (χ1) is 32.4. The van der Waals surface area contributed by atoms with Gasteiger partial charge >= 0.3 is 0 Å².